The zero-order valence-electron chi connectivity index (χ0n) is 13.6. The molecule has 5 nitrogen and oxygen atoms in total. The first-order chi connectivity index (χ1) is 10.6. The average Bonchev–Trinajstić information content (AvgIpc) is 3.05. The highest BCUT2D eigenvalue weighted by atomic mass is 16.5. The molecule has 1 aliphatic rings. The van der Waals surface area contributed by atoms with E-state index in [1.54, 1.807) is 19.2 Å². The van der Waals surface area contributed by atoms with Gasteiger partial charge in [-0.1, -0.05) is 0 Å². The summed E-state index contributed by atoms with van der Waals surface area (Å²) in [5.41, 5.74) is 0.582. The van der Waals surface area contributed by atoms with Gasteiger partial charge in [-0.15, -0.1) is 0 Å². The Morgan fingerprint density at radius 1 is 1.32 bits per heavy atom. The smallest absolute Gasteiger partial charge is 0.251 e. The number of amides is 1. The molecule has 2 N–H and O–H groups in total. The first-order valence-electron chi connectivity index (χ1n) is 7.94. The summed E-state index contributed by atoms with van der Waals surface area (Å²) >= 11 is 0. The quantitative estimate of drug-likeness (QED) is 0.812. The second-order valence-corrected chi connectivity index (χ2v) is 5.79. The van der Waals surface area contributed by atoms with Gasteiger partial charge in [0.1, 0.15) is 0 Å². The lowest BCUT2D eigenvalue weighted by atomic mass is 10.1. The van der Waals surface area contributed by atoms with Crippen molar-refractivity contribution >= 4 is 5.91 Å². The van der Waals surface area contributed by atoms with Crippen LogP contribution in [0.15, 0.2) is 18.2 Å². The minimum Gasteiger partial charge on any atom is -0.493 e. The summed E-state index contributed by atoms with van der Waals surface area (Å²) in [5.74, 6) is 1.23. The van der Waals surface area contributed by atoms with Gasteiger partial charge in [-0.3, -0.25) is 4.79 Å². The standard InChI is InChI=1S/C17H26N2O3/c1-12(18-2)11-19-17(20)13-8-9-15(16(10-13)21-3)22-14-6-4-5-7-14/h8-10,12,14,18H,4-7,11H2,1-3H3,(H,19,20). The molecule has 0 bridgehead atoms. The minimum atomic E-state index is -0.104. The van der Waals surface area contributed by atoms with Crippen LogP contribution >= 0.6 is 0 Å². The summed E-state index contributed by atoms with van der Waals surface area (Å²) in [5, 5.41) is 5.98. The fourth-order valence-corrected chi connectivity index (χ4v) is 2.54. The van der Waals surface area contributed by atoms with E-state index >= 15 is 0 Å². The normalized spacial score (nSPS) is 16.3. The molecule has 0 heterocycles. The van der Waals surface area contributed by atoms with Crippen LogP contribution in [0.25, 0.3) is 0 Å². The van der Waals surface area contributed by atoms with Crippen LogP contribution in [-0.2, 0) is 0 Å². The van der Waals surface area contributed by atoms with Gasteiger partial charge in [0.25, 0.3) is 5.91 Å². The molecule has 0 saturated heterocycles. The molecular formula is C17H26N2O3. The predicted octanol–water partition coefficient (Wildman–Crippen LogP) is 2.35. The second kappa shape index (κ2) is 8.03. The Bertz CT molecular complexity index is 499. The number of hydrogen-bond acceptors (Lipinski definition) is 4. The molecule has 1 aromatic carbocycles. The summed E-state index contributed by atoms with van der Waals surface area (Å²) < 4.78 is 11.4. The number of carbonyl (C=O) groups is 1. The van der Waals surface area contributed by atoms with Crippen LogP contribution < -0.4 is 20.1 Å². The topological polar surface area (TPSA) is 59.6 Å². The molecule has 0 aromatic heterocycles. The Balaban J connectivity index is 2.02. The molecule has 0 spiro atoms. The van der Waals surface area contributed by atoms with E-state index in [0.717, 1.165) is 18.6 Å². The van der Waals surface area contributed by atoms with E-state index in [2.05, 4.69) is 10.6 Å². The second-order valence-electron chi connectivity index (χ2n) is 5.79. The first kappa shape index (κ1) is 16.6. The van der Waals surface area contributed by atoms with Gasteiger partial charge in [0, 0.05) is 18.2 Å². The summed E-state index contributed by atoms with van der Waals surface area (Å²) in [4.78, 5) is 12.2. The van der Waals surface area contributed by atoms with Gasteiger partial charge in [0.15, 0.2) is 11.5 Å². The maximum absolute atomic E-state index is 12.2. The van der Waals surface area contributed by atoms with Crippen molar-refractivity contribution in [1.29, 1.82) is 0 Å². The van der Waals surface area contributed by atoms with Crippen molar-refractivity contribution in [2.75, 3.05) is 20.7 Å². The lowest BCUT2D eigenvalue weighted by Crippen LogP contribution is -2.37. The van der Waals surface area contributed by atoms with Crippen molar-refractivity contribution < 1.29 is 14.3 Å². The lowest BCUT2D eigenvalue weighted by molar-refractivity contribution is 0.0950. The van der Waals surface area contributed by atoms with Crippen LogP contribution in [0.5, 0.6) is 11.5 Å². The van der Waals surface area contributed by atoms with E-state index in [-0.39, 0.29) is 18.1 Å². The fraction of sp³-hybridized carbons (Fsp3) is 0.588. The van der Waals surface area contributed by atoms with Crippen molar-refractivity contribution in [2.24, 2.45) is 0 Å². The van der Waals surface area contributed by atoms with E-state index in [0.29, 0.717) is 17.9 Å². The van der Waals surface area contributed by atoms with Gasteiger partial charge in [-0.25, -0.2) is 0 Å². The zero-order valence-corrected chi connectivity index (χ0v) is 13.6. The molecule has 5 heteroatoms. The Hall–Kier alpha value is -1.75. The molecule has 1 atom stereocenters. The van der Waals surface area contributed by atoms with Crippen molar-refractivity contribution in [1.82, 2.24) is 10.6 Å². The van der Waals surface area contributed by atoms with Gasteiger partial charge < -0.3 is 20.1 Å². The third-order valence-corrected chi connectivity index (χ3v) is 4.08. The zero-order chi connectivity index (χ0) is 15.9. The Morgan fingerprint density at radius 2 is 2.05 bits per heavy atom. The number of carbonyl (C=O) groups excluding carboxylic acids is 1. The van der Waals surface area contributed by atoms with Crippen LogP contribution in [0.2, 0.25) is 0 Å². The highest BCUT2D eigenvalue weighted by Crippen LogP contribution is 2.32. The maximum Gasteiger partial charge on any atom is 0.251 e. The van der Waals surface area contributed by atoms with Gasteiger partial charge in [0.05, 0.1) is 13.2 Å². The molecule has 1 aliphatic carbocycles. The molecule has 1 aromatic rings. The molecule has 122 valence electrons. The molecule has 0 aliphatic heterocycles. The summed E-state index contributed by atoms with van der Waals surface area (Å²) in [6, 6.07) is 5.58. The first-order valence-corrected chi connectivity index (χ1v) is 7.94. The highest BCUT2D eigenvalue weighted by molar-refractivity contribution is 5.94. The van der Waals surface area contributed by atoms with Crippen LogP contribution in [0.1, 0.15) is 43.0 Å². The van der Waals surface area contributed by atoms with Crippen molar-refractivity contribution in [2.45, 2.75) is 44.8 Å². The Morgan fingerprint density at radius 3 is 2.68 bits per heavy atom. The molecule has 22 heavy (non-hydrogen) atoms. The van der Waals surface area contributed by atoms with Gasteiger partial charge in [-0.05, 0) is 57.9 Å². The largest absolute Gasteiger partial charge is 0.493 e. The van der Waals surface area contributed by atoms with E-state index in [9.17, 15) is 4.79 Å². The number of ether oxygens (including phenoxy) is 2. The Kier molecular flexibility index (Phi) is 6.07. The third kappa shape index (κ3) is 4.37. The van der Waals surface area contributed by atoms with Gasteiger partial charge in [0.2, 0.25) is 0 Å². The lowest BCUT2D eigenvalue weighted by Gasteiger charge is -2.17. The molecule has 1 amide bonds. The van der Waals surface area contributed by atoms with Crippen molar-refractivity contribution in [3.8, 4) is 11.5 Å². The van der Waals surface area contributed by atoms with E-state index in [1.165, 1.54) is 12.8 Å². The predicted molar refractivity (Wildman–Crippen MR) is 86.7 cm³/mol. The molecular weight excluding hydrogens is 280 g/mol. The number of hydrogen-bond donors (Lipinski definition) is 2. The van der Waals surface area contributed by atoms with E-state index in [1.807, 2.05) is 20.0 Å². The Labute approximate surface area is 132 Å². The fourth-order valence-electron chi connectivity index (χ4n) is 2.54. The van der Waals surface area contributed by atoms with E-state index < -0.39 is 0 Å². The monoisotopic (exact) mass is 306 g/mol. The van der Waals surface area contributed by atoms with Gasteiger partial charge >= 0.3 is 0 Å². The number of nitrogens with one attached hydrogen (secondary N) is 2. The highest BCUT2D eigenvalue weighted by Gasteiger charge is 2.19. The van der Waals surface area contributed by atoms with Gasteiger partial charge in [-0.2, -0.15) is 0 Å². The average molecular weight is 306 g/mol. The van der Waals surface area contributed by atoms with Crippen LogP contribution in [0.4, 0.5) is 0 Å². The molecule has 2 rings (SSSR count). The SMILES string of the molecule is CNC(C)CNC(=O)c1ccc(OC2CCCC2)c(OC)c1. The van der Waals surface area contributed by atoms with Crippen molar-refractivity contribution in [3.63, 3.8) is 0 Å². The minimum absolute atomic E-state index is 0.104. The number of benzene rings is 1. The van der Waals surface area contributed by atoms with Crippen LogP contribution in [0, 0.1) is 0 Å². The summed E-state index contributed by atoms with van der Waals surface area (Å²) in [7, 11) is 3.47. The summed E-state index contributed by atoms with van der Waals surface area (Å²) in [6.07, 6.45) is 4.89. The molecule has 1 unspecified atom stereocenters. The van der Waals surface area contributed by atoms with Crippen molar-refractivity contribution in [3.05, 3.63) is 23.8 Å². The molecule has 0 radical (unpaired) electrons. The number of likely N-dealkylation sites (N-methyl/N-ethyl adjacent to an activating group) is 1. The van der Waals surface area contributed by atoms with Crippen LogP contribution in [0.3, 0.4) is 0 Å². The third-order valence-electron chi connectivity index (χ3n) is 4.08. The number of rotatable bonds is 7. The molecule has 1 fully saturated rings. The summed E-state index contributed by atoms with van der Waals surface area (Å²) in [6.45, 7) is 2.59. The van der Waals surface area contributed by atoms with E-state index in [4.69, 9.17) is 9.47 Å². The van der Waals surface area contributed by atoms with Crippen LogP contribution in [-0.4, -0.2) is 38.8 Å². The molecule has 1 saturated carbocycles. The number of methoxy groups -OCH3 is 1. The maximum atomic E-state index is 12.2.